The first-order chi connectivity index (χ1) is 22.9. The number of carbonyl (C=O) groups excluding carboxylic acids is 2. The lowest BCUT2D eigenvalue weighted by Crippen LogP contribution is -2.41. The first-order valence-electron chi connectivity index (χ1n) is 15.1. The predicted molar refractivity (Wildman–Crippen MR) is 180 cm³/mol. The Morgan fingerprint density at radius 3 is 1.49 bits per heavy atom. The number of aromatic nitrogens is 4. The number of methoxy groups -OCH3 is 2. The molecule has 2 heterocycles. The third kappa shape index (κ3) is 6.91. The molecule has 0 aliphatic carbocycles. The molecule has 236 valence electrons. The molecule has 1 atom stereocenters. The lowest BCUT2D eigenvalue weighted by Gasteiger charge is -2.15. The first-order valence-corrected chi connectivity index (χ1v) is 15.1. The standard InChI is InChI=1S/C37H34N6O4/c1-25(39-37(45)33-24-43(29-12-8-5-9-13-29)41-35(33)27-16-20-31(47-3)21-17-27)22-38-36(44)32-23-42(28-10-6-4-7-11-28)40-34(32)26-14-18-30(46-2)19-15-26/h4-21,23-25H,22H2,1-3H3,(H,38,44)(H,39,45). The third-order valence-corrected chi connectivity index (χ3v) is 7.63. The number of hydrogen-bond donors (Lipinski definition) is 2. The molecule has 0 aliphatic heterocycles. The van der Waals surface area contributed by atoms with Crippen molar-refractivity contribution < 1.29 is 19.1 Å². The molecule has 47 heavy (non-hydrogen) atoms. The number of rotatable bonds is 11. The normalized spacial score (nSPS) is 11.5. The van der Waals surface area contributed by atoms with Crippen LogP contribution in [0.25, 0.3) is 33.9 Å². The molecule has 1 unspecified atom stereocenters. The minimum Gasteiger partial charge on any atom is -0.497 e. The van der Waals surface area contributed by atoms with Crippen LogP contribution in [0.2, 0.25) is 0 Å². The highest BCUT2D eigenvalue weighted by Crippen LogP contribution is 2.27. The van der Waals surface area contributed by atoms with Crippen LogP contribution >= 0.6 is 0 Å². The van der Waals surface area contributed by atoms with E-state index in [0.29, 0.717) is 34.0 Å². The van der Waals surface area contributed by atoms with E-state index in [-0.39, 0.29) is 18.4 Å². The van der Waals surface area contributed by atoms with Gasteiger partial charge in [-0.2, -0.15) is 10.2 Å². The van der Waals surface area contributed by atoms with Crippen LogP contribution in [-0.4, -0.2) is 58.2 Å². The highest BCUT2D eigenvalue weighted by molar-refractivity contribution is 6.01. The van der Waals surface area contributed by atoms with Crippen molar-refractivity contribution in [3.8, 4) is 45.4 Å². The molecule has 0 saturated carbocycles. The minimum absolute atomic E-state index is 0.188. The van der Waals surface area contributed by atoms with Crippen molar-refractivity contribution in [2.75, 3.05) is 20.8 Å². The van der Waals surface area contributed by atoms with E-state index in [1.165, 1.54) is 0 Å². The van der Waals surface area contributed by atoms with E-state index in [1.54, 1.807) is 36.0 Å². The van der Waals surface area contributed by atoms with E-state index in [1.807, 2.05) is 116 Å². The first kappa shape index (κ1) is 30.8. The maximum atomic E-state index is 13.7. The quantitative estimate of drug-likeness (QED) is 0.184. The van der Waals surface area contributed by atoms with Gasteiger partial charge in [0, 0.05) is 36.1 Å². The van der Waals surface area contributed by atoms with Crippen LogP contribution in [-0.2, 0) is 0 Å². The molecule has 2 N–H and O–H groups in total. The highest BCUT2D eigenvalue weighted by Gasteiger charge is 2.22. The largest absolute Gasteiger partial charge is 0.497 e. The number of para-hydroxylation sites is 2. The van der Waals surface area contributed by atoms with E-state index in [4.69, 9.17) is 19.7 Å². The van der Waals surface area contributed by atoms with Crippen LogP contribution < -0.4 is 20.1 Å². The van der Waals surface area contributed by atoms with Gasteiger partial charge in [-0.15, -0.1) is 0 Å². The Labute approximate surface area is 272 Å². The van der Waals surface area contributed by atoms with Gasteiger partial charge in [0.1, 0.15) is 22.9 Å². The number of benzene rings is 4. The van der Waals surface area contributed by atoms with Crippen molar-refractivity contribution >= 4 is 11.8 Å². The van der Waals surface area contributed by atoms with E-state index in [2.05, 4.69) is 10.6 Å². The van der Waals surface area contributed by atoms with Gasteiger partial charge in [-0.25, -0.2) is 9.36 Å². The molecule has 2 amide bonds. The Hall–Kier alpha value is -6.16. The van der Waals surface area contributed by atoms with Crippen LogP contribution in [0.4, 0.5) is 0 Å². The van der Waals surface area contributed by atoms with Crippen molar-refractivity contribution in [3.05, 3.63) is 133 Å². The van der Waals surface area contributed by atoms with Crippen molar-refractivity contribution in [2.24, 2.45) is 0 Å². The summed E-state index contributed by atoms with van der Waals surface area (Å²) < 4.78 is 14.0. The highest BCUT2D eigenvalue weighted by atomic mass is 16.5. The molecule has 10 nitrogen and oxygen atoms in total. The summed E-state index contributed by atoms with van der Waals surface area (Å²) in [5.41, 5.74) is 5.06. The Morgan fingerprint density at radius 2 is 1.06 bits per heavy atom. The van der Waals surface area contributed by atoms with Crippen LogP contribution in [0.15, 0.2) is 122 Å². The van der Waals surface area contributed by atoms with Gasteiger partial charge in [0.15, 0.2) is 0 Å². The lowest BCUT2D eigenvalue weighted by atomic mass is 10.1. The monoisotopic (exact) mass is 626 g/mol. The van der Waals surface area contributed by atoms with E-state index in [0.717, 1.165) is 22.5 Å². The number of nitrogens with one attached hydrogen (secondary N) is 2. The number of nitrogens with zero attached hydrogens (tertiary/aromatic N) is 4. The summed E-state index contributed by atoms with van der Waals surface area (Å²) in [6, 6.07) is 33.6. The number of amides is 2. The summed E-state index contributed by atoms with van der Waals surface area (Å²) in [4.78, 5) is 27.3. The Bertz CT molecular complexity index is 1970. The van der Waals surface area contributed by atoms with Gasteiger partial charge in [0.2, 0.25) is 0 Å². The van der Waals surface area contributed by atoms with E-state index in [9.17, 15) is 9.59 Å². The minimum atomic E-state index is -0.399. The maximum Gasteiger partial charge on any atom is 0.255 e. The molecule has 4 aromatic carbocycles. The van der Waals surface area contributed by atoms with Crippen molar-refractivity contribution in [2.45, 2.75) is 13.0 Å². The Balaban J connectivity index is 1.21. The van der Waals surface area contributed by atoms with Crippen LogP contribution in [0.3, 0.4) is 0 Å². The number of ether oxygens (including phenoxy) is 2. The summed E-state index contributed by atoms with van der Waals surface area (Å²) in [7, 11) is 3.21. The topological polar surface area (TPSA) is 112 Å². The smallest absolute Gasteiger partial charge is 0.255 e. The lowest BCUT2D eigenvalue weighted by molar-refractivity contribution is 0.0913. The summed E-state index contributed by atoms with van der Waals surface area (Å²) in [6.45, 7) is 2.03. The molecule has 6 rings (SSSR count). The van der Waals surface area contributed by atoms with E-state index >= 15 is 0 Å². The van der Waals surface area contributed by atoms with Gasteiger partial charge < -0.3 is 20.1 Å². The van der Waals surface area contributed by atoms with E-state index < -0.39 is 6.04 Å². The fourth-order valence-electron chi connectivity index (χ4n) is 5.12. The van der Waals surface area contributed by atoms with Crippen LogP contribution in [0.1, 0.15) is 27.6 Å². The molecular weight excluding hydrogens is 592 g/mol. The summed E-state index contributed by atoms with van der Waals surface area (Å²) in [6.07, 6.45) is 3.43. The second kappa shape index (κ2) is 13.9. The zero-order valence-electron chi connectivity index (χ0n) is 26.3. The van der Waals surface area contributed by atoms with Crippen LogP contribution in [0, 0.1) is 0 Å². The SMILES string of the molecule is COc1ccc(-c2nn(-c3ccccc3)cc2C(=O)NCC(C)NC(=O)c2cn(-c3ccccc3)nc2-c2ccc(OC)cc2)cc1. The Morgan fingerprint density at radius 1 is 0.638 bits per heavy atom. The average Bonchev–Trinajstić information content (AvgIpc) is 3.78. The van der Waals surface area contributed by atoms with Crippen molar-refractivity contribution in [3.63, 3.8) is 0 Å². The fraction of sp³-hybridized carbons (Fsp3) is 0.135. The molecular formula is C37H34N6O4. The fourth-order valence-corrected chi connectivity index (χ4v) is 5.12. The summed E-state index contributed by atoms with van der Waals surface area (Å²) in [5, 5.41) is 15.5. The summed E-state index contributed by atoms with van der Waals surface area (Å²) >= 11 is 0. The molecule has 10 heteroatoms. The zero-order valence-corrected chi connectivity index (χ0v) is 26.3. The molecule has 0 spiro atoms. The molecule has 2 aromatic heterocycles. The zero-order chi connectivity index (χ0) is 32.8. The third-order valence-electron chi connectivity index (χ3n) is 7.63. The summed E-state index contributed by atoms with van der Waals surface area (Å²) in [5.74, 6) is 0.790. The van der Waals surface area contributed by atoms with Crippen LogP contribution in [0.5, 0.6) is 11.5 Å². The van der Waals surface area contributed by atoms with Gasteiger partial charge in [0.25, 0.3) is 11.8 Å². The molecule has 0 radical (unpaired) electrons. The Kier molecular flexibility index (Phi) is 9.10. The number of hydrogen-bond acceptors (Lipinski definition) is 6. The van der Waals surface area contributed by atoms with Gasteiger partial charge in [-0.3, -0.25) is 9.59 Å². The van der Waals surface area contributed by atoms with Crippen molar-refractivity contribution in [1.82, 2.24) is 30.2 Å². The molecule has 0 aliphatic rings. The predicted octanol–water partition coefficient (Wildman–Crippen LogP) is 5.96. The van der Waals surface area contributed by atoms with Crippen molar-refractivity contribution in [1.29, 1.82) is 0 Å². The maximum absolute atomic E-state index is 13.7. The van der Waals surface area contributed by atoms with Gasteiger partial charge >= 0.3 is 0 Å². The molecule has 0 saturated heterocycles. The second-order valence-electron chi connectivity index (χ2n) is 10.9. The molecule has 6 aromatic rings. The van der Waals surface area contributed by atoms with Gasteiger partial charge in [0.05, 0.1) is 36.7 Å². The van der Waals surface area contributed by atoms with Gasteiger partial charge in [-0.1, -0.05) is 36.4 Å². The average molecular weight is 627 g/mol. The number of carbonyl (C=O) groups is 2. The molecule has 0 bridgehead atoms. The second-order valence-corrected chi connectivity index (χ2v) is 10.9. The molecule has 0 fully saturated rings. The van der Waals surface area contributed by atoms with Gasteiger partial charge in [-0.05, 0) is 79.7 Å².